The Balaban J connectivity index is 4.38. The van der Waals surface area contributed by atoms with E-state index in [2.05, 4.69) is 30.5 Å². The Bertz CT molecular complexity index is 947. The molecule has 12 heteroatoms. The van der Waals surface area contributed by atoms with Gasteiger partial charge >= 0.3 is 25.7 Å². The molecule has 0 radical (unpaired) electrons. The smallest absolute Gasteiger partial charge is 0.472 e. The molecule has 0 saturated heterocycles. The van der Waals surface area contributed by atoms with Crippen LogP contribution in [0.3, 0.4) is 0 Å². The van der Waals surface area contributed by atoms with Crippen LogP contribution in [0.1, 0.15) is 194 Å². The van der Waals surface area contributed by atoms with Gasteiger partial charge in [-0.1, -0.05) is 154 Å². The minimum absolute atomic E-state index is 0.165. The van der Waals surface area contributed by atoms with Crippen molar-refractivity contribution in [1.82, 2.24) is 0 Å². The average Bonchev–Trinajstić information content (AvgIpc) is 3.12. The van der Waals surface area contributed by atoms with E-state index in [1.54, 1.807) is 0 Å². The number of rotatable bonds is 39. The second-order valence-electron chi connectivity index (χ2n) is 14.1. The topological polar surface area (TPSA) is 172 Å². The number of allylic oxidation sites excluding steroid dienone is 2. The molecule has 0 saturated carbocycles. The maximum Gasteiger partial charge on any atom is 0.472 e. The van der Waals surface area contributed by atoms with Crippen LogP contribution in [0.5, 0.6) is 0 Å². The summed E-state index contributed by atoms with van der Waals surface area (Å²) >= 11 is 0. The average molecular weight is 762 g/mol. The van der Waals surface area contributed by atoms with Crippen molar-refractivity contribution in [2.75, 3.05) is 19.8 Å². The number of phosphoric ester groups is 1. The molecule has 4 N–H and O–H groups in total. The summed E-state index contributed by atoms with van der Waals surface area (Å²) in [7, 11) is -4.71. The van der Waals surface area contributed by atoms with Crippen molar-refractivity contribution in [3.63, 3.8) is 0 Å². The fourth-order valence-electron chi connectivity index (χ4n) is 5.71. The quantitative estimate of drug-likeness (QED) is 0.0235. The van der Waals surface area contributed by atoms with Gasteiger partial charge in [-0.2, -0.15) is 0 Å². The summed E-state index contributed by atoms with van der Waals surface area (Å²) in [6.07, 6.45) is 34.2. The summed E-state index contributed by atoms with van der Waals surface area (Å²) < 4.78 is 32.6. The van der Waals surface area contributed by atoms with Crippen LogP contribution in [-0.4, -0.2) is 59.9 Å². The Labute approximate surface area is 316 Å². The van der Waals surface area contributed by atoms with Gasteiger partial charge in [-0.3, -0.25) is 23.4 Å². The number of carboxylic acid groups (broad SMARTS) is 1. The number of carbonyl (C=O) groups excluding carboxylic acids is 2. The van der Waals surface area contributed by atoms with Crippen LogP contribution in [0.4, 0.5) is 0 Å². The van der Waals surface area contributed by atoms with E-state index in [0.717, 1.165) is 57.8 Å². The highest BCUT2D eigenvalue weighted by atomic mass is 31.2. The third-order valence-corrected chi connectivity index (χ3v) is 9.96. The Morgan fingerprint density at radius 3 is 1.42 bits per heavy atom. The molecule has 0 aliphatic carbocycles. The van der Waals surface area contributed by atoms with Gasteiger partial charge in [0, 0.05) is 12.8 Å². The van der Waals surface area contributed by atoms with Crippen LogP contribution in [-0.2, 0) is 37.5 Å². The second kappa shape index (κ2) is 36.2. The third kappa shape index (κ3) is 35.3. The number of nitrogens with two attached hydrogens (primary N) is 1. The van der Waals surface area contributed by atoms with Gasteiger partial charge in [-0.25, -0.2) is 4.57 Å². The maximum atomic E-state index is 12.6. The normalized spacial score (nSPS) is 13.9. The SMILES string of the molecule is CCCCCC/C=C/CCCCCCCC(=O)OC[C@H](COP(=O)(O)OC[C@H](N)C(=O)O)OC(=O)CCCCCCCCCCCCCCCCC. The summed E-state index contributed by atoms with van der Waals surface area (Å²) in [4.78, 5) is 45.8. The van der Waals surface area contributed by atoms with E-state index in [0.29, 0.717) is 12.8 Å². The fraction of sp³-hybridized carbons (Fsp3) is 0.875. The first-order valence-electron chi connectivity index (χ1n) is 20.7. The molecule has 1 unspecified atom stereocenters. The third-order valence-electron chi connectivity index (χ3n) is 9.01. The predicted molar refractivity (Wildman–Crippen MR) is 208 cm³/mol. The first kappa shape index (κ1) is 50.2. The predicted octanol–water partition coefficient (Wildman–Crippen LogP) is 10.5. The zero-order valence-electron chi connectivity index (χ0n) is 32.9. The zero-order valence-corrected chi connectivity index (χ0v) is 33.8. The van der Waals surface area contributed by atoms with Crippen LogP contribution >= 0.6 is 7.82 Å². The number of phosphoric acid groups is 1. The van der Waals surface area contributed by atoms with Crippen molar-refractivity contribution in [2.24, 2.45) is 5.73 Å². The minimum Gasteiger partial charge on any atom is -0.480 e. The Kier molecular flexibility index (Phi) is 35.0. The number of carboxylic acids is 1. The maximum absolute atomic E-state index is 12.6. The monoisotopic (exact) mass is 762 g/mol. The number of esters is 2. The zero-order chi connectivity index (χ0) is 38.5. The first-order valence-corrected chi connectivity index (χ1v) is 22.2. The molecule has 0 aromatic carbocycles. The van der Waals surface area contributed by atoms with Gasteiger partial charge in [-0.05, 0) is 38.5 Å². The van der Waals surface area contributed by atoms with Crippen molar-refractivity contribution in [3.8, 4) is 0 Å². The molecule has 0 bridgehead atoms. The van der Waals surface area contributed by atoms with Gasteiger partial charge in [0.1, 0.15) is 12.6 Å². The second-order valence-corrected chi connectivity index (χ2v) is 15.6. The largest absolute Gasteiger partial charge is 0.480 e. The van der Waals surface area contributed by atoms with Crippen LogP contribution < -0.4 is 5.73 Å². The molecule has 3 atom stereocenters. The van der Waals surface area contributed by atoms with Crippen LogP contribution in [0.15, 0.2) is 12.2 Å². The van der Waals surface area contributed by atoms with Crippen molar-refractivity contribution in [1.29, 1.82) is 0 Å². The van der Waals surface area contributed by atoms with E-state index >= 15 is 0 Å². The molecule has 52 heavy (non-hydrogen) atoms. The molecule has 0 spiro atoms. The van der Waals surface area contributed by atoms with E-state index in [1.807, 2.05) is 0 Å². The molecule has 0 aromatic heterocycles. The van der Waals surface area contributed by atoms with Crippen molar-refractivity contribution < 1.29 is 47.5 Å². The molecule has 0 amide bonds. The lowest BCUT2D eigenvalue weighted by atomic mass is 10.0. The van der Waals surface area contributed by atoms with Gasteiger partial charge in [0.05, 0.1) is 13.2 Å². The fourth-order valence-corrected chi connectivity index (χ4v) is 6.48. The van der Waals surface area contributed by atoms with Gasteiger partial charge in [0.2, 0.25) is 0 Å². The number of carbonyl (C=O) groups is 3. The lowest BCUT2D eigenvalue weighted by molar-refractivity contribution is -0.161. The van der Waals surface area contributed by atoms with E-state index < -0.39 is 51.1 Å². The summed E-state index contributed by atoms with van der Waals surface area (Å²) in [5, 5.41) is 8.87. The van der Waals surface area contributed by atoms with Gasteiger partial charge < -0.3 is 25.2 Å². The van der Waals surface area contributed by atoms with E-state index in [-0.39, 0.29) is 19.4 Å². The van der Waals surface area contributed by atoms with Gasteiger partial charge in [0.15, 0.2) is 6.10 Å². The highest BCUT2D eigenvalue weighted by Crippen LogP contribution is 2.43. The minimum atomic E-state index is -4.71. The molecular weight excluding hydrogens is 685 g/mol. The van der Waals surface area contributed by atoms with Crippen LogP contribution in [0.25, 0.3) is 0 Å². The lowest BCUT2D eigenvalue weighted by Crippen LogP contribution is -2.34. The van der Waals surface area contributed by atoms with Crippen LogP contribution in [0.2, 0.25) is 0 Å². The molecular formula is C40H76NO10P. The van der Waals surface area contributed by atoms with Crippen molar-refractivity contribution in [3.05, 3.63) is 12.2 Å². The number of hydrogen-bond donors (Lipinski definition) is 3. The molecule has 306 valence electrons. The Hall–Kier alpha value is -1.78. The number of hydrogen-bond acceptors (Lipinski definition) is 9. The standard InChI is InChI=1S/C40H76NO10P/c1-3-5-7-9-11-13-15-17-18-20-22-24-26-28-30-32-39(43)51-36(34-49-52(46,47)50-35-37(41)40(44)45)33-48-38(42)31-29-27-25-23-21-19-16-14-12-10-8-6-4-2/h14,16,36-37H,3-13,15,17-35,41H2,1-2H3,(H,44,45)(H,46,47)/b16-14+/t36-,37+/m1/s1. The van der Waals surface area contributed by atoms with Gasteiger partial charge in [0.25, 0.3) is 0 Å². The Morgan fingerprint density at radius 2 is 0.962 bits per heavy atom. The summed E-state index contributed by atoms with van der Waals surface area (Å²) in [5.41, 5.74) is 5.32. The van der Waals surface area contributed by atoms with Gasteiger partial charge in [-0.15, -0.1) is 0 Å². The summed E-state index contributed by atoms with van der Waals surface area (Å²) in [6, 6.07) is -1.52. The van der Waals surface area contributed by atoms with Crippen LogP contribution in [0, 0.1) is 0 Å². The number of unbranched alkanes of at least 4 members (excludes halogenated alkanes) is 23. The van der Waals surface area contributed by atoms with Crippen molar-refractivity contribution in [2.45, 2.75) is 206 Å². The highest BCUT2D eigenvalue weighted by molar-refractivity contribution is 7.47. The lowest BCUT2D eigenvalue weighted by Gasteiger charge is -2.20. The molecule has 0 aliphatic rings. The summed E-state index contributed by atoms with van der Waals surface area (Å²) in [6.45, 7) is 2.79. The Morgan fingerprint density at radius 1 is 0.577 bits per heavy atom. The molecule has 0 heterocycles. The van der Waals surface area contributed by atoms with Crippen molar-refractivity contribution >= 4 is 25.7 Å². The molecule has 0 aliphatic heterocycles. The van der Waals surface area contributed by atoms with E-state index in [4.69, 9.17) is 24.8 Å². The summed E-state index contributed by atoms with van der Waals surface area (Å²) in [5.74, 6) is -2.38. The number of ether oxygens (including phenoxy) is 2. The molecule has 0 aromatic rings. The molecule has 0 rings (SSSR count). The highest BCUT2D eigenvalue weighted by Gasteiger charge is 2.28. The van der Waals surface area contributed by atoms with E-state index in [9.17, 15) is 23.8 Å². The van der Waals surface area contributed by atoms with E-state index in [1.165, 1.54) is 96.3 Å². The molecule has 11 nitrogen and oxygen atoms in total. The molecule has 0 fully saturated rings. The first-order chi connectivity index (χ1) is 25.1. The number of aliphatic carboxylic acids is 1.